The lowest BCUT2D eigenvalue weighted by atomic mass is 10.1. The lowest BCUT2D eigenvalue weighted by Crippen LogP contribution is -2.21. The maximum Gasteiger partial charge on any atom is 0.262 e. The Kier molecular flexibility index (Phi) is 6.06. The van der Waals surface area contributed by atoms with Gasteiger partial charge in [-0.15, -0.1) is 11.3 Å². The van der Waals surface area contributed by atoms with Crippen LogP contribution in [0.15, 0.2) is 48.0 Å². The lowest BCUT2D eigenvalue weighted by molar-refractivity contribution is -0.118. The monoisotopic (exact) mass is 395 g/mol. The molecule has 0 fully saturated rings. The van der Waals surface area contributed by atoms with Crippen molar-refractivity contribution in [2.45, 2.75) is 20.8 Å². The largest absolute Gasteiger partial charge is 0.483 e. The number of benzene rings is 2. The average Bonchev–Trinajstić information content (AvgIpc) is 3.17. The molecule has 0 saturated carbocycles. The average molecular weight is 395 g/mol. The van der Waals surface area contributed by atoms with E-state index in [0.717, 1.165) is 11.1 Å². The summed E-state index contributed by atoms with van der Waals surface area (Å²) in [5.41, 5.74) is 4.23. The zero-order valence-electron chi connectivity index (χ0n) is 15.9. The third-order valence-corrected chi connectivity index (χ3v) is 4.90. The first-order valence-corrected chi connectivity index (χ1v) is 9.62. The quantitative estimate of drug-likeness (QED) is 0.651. The summed E-state index contributed by atoms with van der Waals surface area (Å²) >= 11 is 1.34. The van der Waals surface area contributed by atoms with Crippen molar-refractivity contribution in [1.82, 2.24) is 4.98 Å². The van der Waals surface area contributed by atoms with Gasteiger partial charge in [-0.2, -0.15) is 0 Å². The van der Waals surface area contributed by atoms with Crippen molar-refractivity contribution < 1.29 is 14.3 Å². The predicted molar refractivity (Wildman–Crippen MR) is 111 cm³/mol. The smallest absolute Gasteiger partial charge is 0.262 e. The standard InChI is InChI=1S/C21H21N3O3S/c1-13-9-15(3)18(10-14(13)2)27-12-19(25)23-17-6-4-5-16(11-17)20(26)24-21-22-7-8-28-21/h4-11H,12H2,1-3H3,(H,23,25)(H,22,24,26). The molecule has 1 aromatic heterocycles. The molecule has 0 saturated heterocycles. The fourth-order valence-corrected chi connectivity index (χ4v) is 3.15. The summed E-state index contributed by atoms with van der Waals surface area (Å²) in [5, 5.41) is 7.77. The van der Waals surface area contributed by atoms with Gasteiger partial charge in [0.1, 0.15) is 5.75 Å². The van der Waals surface area contributed by atoms with Crippen molar-refractivity contribution in [1.29, 1.82) is 0 Å². The van der Waals surface area contributed by atoms with Gasteiger partial charge in [0.25, 0.3) is 11.8 Å². The van der Waals surface area contributed by atoms with E-state index in [1.165, 1.54) is 16.9 Å². The first-order valence-electron chi connectivity index (χ1n) is 8.74. The molecule has 0 bridgehead atoms. The van der Waals surface area contributed by atoms with Crippen LogP contribution in [0.3, 0.4) is 0 Å². The highest BCUT2D eigenvalue weighted by Gasteiger charge is 2.11. The molecule has 3 rings (SSSR count). The number of ether oxygens (including phenoxy) is 1. The molecule has 2 aromatic carbocycles. The molecule has 0 radical (unpaired) electrons. The second kappa shape index (κ2) is 8.67. The second-order valence-corrected chi connectivity index (χ2v) is 7.31. The van der Waals surface area contributed by atoms with Crippen molar-refractivity contribution >= 4 is 34.0 Å². The minimum Gasteiger partial charge on any atom is -0.483 e. The minimum absolute atomic E-state index is 0.112. The van der Waals surface area contributed by atoms with E-state index in [1.807, 2.05) is 32.9 Å². The van der Waals surface area contributed by atoms with Crippen molar-refractivity contribution in [3.63, 3.8) is 0 Å². The van der Waals surface area contributed by atoms with Crippen LogP contribution in [0.2, 0.25) is 0 Å². The number of hydrogen-bond acceptors (Lipinski definition) is 5. The van der Waals surface area contributed by atoms with Crippen LogP contribution in [0.1, 0.15) is 27.0 Å². The molecule has 28 heavy (non-hydrogen) atoms. The number of amides is 2. The molecule has 2 N–H and O–H groups in total. The lowest BCUT2D eigenvalue weighted by Gasteiger charge is -2.12. The third kappa shape index (κ3) is 4.95. The molecule has 1 heterocycles. The molecule has 6 nitrogen and oxygen atoms in total. The fraction of sp³-hybridized carbons (Fsp3) is 0.190. The summed E-state index contributed by atoms with van der Waals surface area (Å²) in [6.45, 7) is 5.88. The van der Waals surface area contributed by atoms with Crippen LogP contribution in [-0.2, 0) is 4.79 Å². The number of nitrogens with zero attached hydrogens (tertiary/aromatic N) is 1. The Morgan fingerprint density at radius 3 is 2.57 bits per heavy atom. The van der Waals surface area contributed by atoms with E-state index in [9.17, 15) is 9.59 Å². The molecule has 7 heteroatoms. The van der Waals surface area contributed by atoms with Crippen LogP contribution in [0.4, 0.5) is 10.8 Å². The number of anilines is 2. The molecule has 0 aliphatic heterocycles. The van der Waals surface area contributed by atoms with Crippen LogP contribution in [0.25, 0.3) is 0 Å². The molecular weight excluding hydrogens is 374 g/mol. The maximum absolute atomic E-state index is 12.3. The first kappa shape index (κ1) is 19.6. The van der Waals surface area contributed by atoms with E-state index >= 15 is 0 Å². The Bertz CT molecular complexity index is 1000. The summed E-state index contributed by atoms with van der Waals surface area (Å²) in [7, 11) is 0. The Labute approximate surface area is 167 Å². The third-order valence-electron chi connectivity index (χ3n) is 4.21. The number of nitrogens with one attached hydrogen (secondary N) is 2. The van der Waals surface area contributed by atoms with Gasteiger partial charge in [0.15, 0.2) is 11.7 Å². The van der Waals surface area contributed by atoms with E-state index in [2.05, 4.69) is 15.6 Å². The molecule has 0 aliphatic carbocycles. The predicted octanol–water partition coefficient (Wildman–Crippen LogP) is 4.34. The van der Waals surface area contributed by atoms with E-state index in [-0.39, 0.29) is 18.4 Å². The molecule has 0 spiro atoms. The van der Waals surface area contributed by atoms with Crippen molar-refractivity contribution in [2.24, 2.45) is 0 Å². The number of aryl methyl sites for hydroxylation is 3. The summed E-state index contributed by atoms with van der Waals surface area (Å²) < 4.78 is 5.66. The summed E-state index contributed by atoms with van der Waals surface area (Å²) in [6.07, 6.45) is 1.62. The van der Waals surface area contributed by atoms with Gasteiger partial charge < -0.3 is 10.1 Å². The molecular formula is C21H21N3O3S. The number of carbonyl (C=O) groups excluding carboxylic acids is 2. The molecule has 0 atom stereocenters. The van der Waals surface area contributed by atoms with Gasteiger partial charge in [-0.25, -0.2) is 4.98 Å². The highest BCUT2D eigenvalue weighted by molar-refractivity contribution is 7.13. The number of aromatic nitrogens is 1. The maximum atomic E-state index is 12.3. The van der Waals surface area contributed by atoms with Gasteiger partial charge in [0.2, 0.25) is 0 Å². The topological polar surface area (TPSA) is 80.3 Å². The van der Waals surface area contributed by atoms with Gasteiger partial charge in [0, 0.05) is 22.8 Å². The Morgan fingerprint density at radius 1 is 1.04 bits per heavy atom. The highest BCUT2D eigenvalue weighted by Crippen LogP contribution is 2.22. The SMILES string of the molecule is Cc1cc(C)c(OCC(=O)Nc2cccc(C(=O)Nc3nccs3)c2)cc1C. The van der Waals surface area contributed by atoms with Crippen LogP contribution < -0.4 is 15.4 Å². The summed E-state index contributed by atoms with van der Waals surface area (Å²) in [4.78, 5) is 28.5. The molecule has 0 aliphatic rings. The fourth-order valence-electron chi connectivity index (χ4n) is 2.62. The van der Waals surface area contributed by atoms with Crippen molar-refractivity contribution in [3.8, 4) is 5.75 Å². The van der Waals surface area contributed by atoms with E-state index < -0.39 is 0 Å². The van der Waals surface area contributed by atoms with Crippen molar-refractivity contribution in [3.05, 3.63) is 70.2 Å². The van der Waals surface area contributed by atoms with Crippen LogP contribution in [0.5, 0.6) is 5.75 Å². The molecule has 3 aromatic rings. The zero-order chi connectivity index (χ0) is 20.1. The Balaban J connectivity index is 1.60. The van der Waals surface area contributed by atoms with E-state index in [0.29, 0.717) is 22.1 Å². The molecule has 144 valence electrons. The Hall–Kier alpha value is -3.19. The molecule has 0 unspecified atom stereocenters. The van der Waals surface area contributed by atoms with Crippen LogP contribution in [0, 0.1) is 20.8 Å². The van der Waals surface area contributed by atoms with Crippen LogP contribution in [-0.4, -0.2) is 23.4 Å². The van der Waals surface area contributed by atoms with Crippen molar-refractivity contribution in [2.75, 3.05) is 17.2 Å². The van der Waals surface area contributed by atoms with Gasteiger partial charge in [-0.1, -0.05) is 12.1 Å². The summed E-state index contributed by atoms with van der Waals surface area (Å²) in [5.74, 6) is 0.109. The number of carbonyl (C=O) groups is 2. The van der Waals surface area contributed by atoms with Gasteiger partial charge in [0.05, 0.1) is 0 Å². The Morgan fingerprint density at radius 2 is 1.82 bits per heavy atom. The van der Waals surface area contributed by atoms with Gasteiger partial charge >= 0.3 is 0 Å². The van der Waals surface area contributed by atoms with E-state index in [4.69, 9.17) is 4.74 Å². The van der Waals surface area contributed by atoms with Gasteiger partial charge in [-0.3, -0.25) is 14.9 Å². The highest BCUT2D eigenvalue weighted by atomic mass is 32.1. The van der Waals surface area contributed by atoms with E-state index in [1.54, 1.807) is 35.8 Å². The summed E-state index contributed by atoms with van der Waals surface area (Å²) in [6, 6.07) is 10.7. The normalized spacial score (nSPS) is 10.4. The number of rotatable bonds is 6. The number of thiazole rings is 1. The second-order valence-electron chi connectivity index (χ2n) is 6.41. The number of hydrogen-bond donors (Lipinski definition) is 2. The first-order chi connectivity index (χ1) is 13.4. The van der Waals surface area contributed by atoms with Gasteiger partial charge in [-0.05, 0) is 61.7 Å². The molecule has 2 amide bonds. The van der Waals surface area contributed by atoms with Crippen LogP contribution >= 0.6 is 11.3 Å². The zero-order valence-corrected chi connectivity index (χ0v) is 16.7. The minimum atomic E-state index is -0.296.